The molecule has 158 valence electrons. The van der Waals surface area contributed by atoms with Gasteiger partial charge in [0.2, 0.25) is 0 Å². The molecular formula is C23H30FNO4. The van der Waals surface area contributed by atoms with Crippen LogP contribution < -0.4 is 5.32 Å². The number of benzene rings is 1. The number of hydrogen-bond acceptors (Lipinski definition) is 5. The highest BCUT2D eigenvalue weighted by molar-refractivity contribution is 6.00. The van der Waals surface area contributed by atoms with E-state index >= 15 is 0 Å². The van der Waals surface area contributed by atoms with Gasteiger partial charge in [-0.05, 0) is 43.4 Å². The topological polar surface area (TPSA) is 64.6 Å². The van der Waals surface area contributed by atoms with E-state index < -0.39 is 17.9 Å². The van der Waals surface area contributed by atoms with Gasteiger partial charge in [0.1, 0.15) is 5.82 Å². The van der Waals surface area contributed by atoms with Crippen molar-refractivity contribution in [1.29, 1.82) is 0 Å². The summed E-state index contributed by atoms with van der Waals surface area (Å²) in [4.78, 5) is 26.0. The standard InChI is InChI=1S/C23H30FNO4/c1-7-28-22(26)18-17(15-9-11-16(24)12-10-15)19(23(27)29-8-2)21(14(5)6)25-20(18)13(3)4/h9-14,17,25H,7-8H2,1-6H3. The predicted molar refractivity (Wildman–Crippen MR) is 109 cm³/mol. The van der Waals surface area contributed by atoms with Crippen LogP contribution in [0.5, 0.6) is 0 Å². The molecule has 6 heteroatoms. The zero-order valence-corrected chi connectivity index (χ0v) is 18.0. The molecule has 0 unspecified atom stereocenters. The second kappa shape index (κ2) is 9.72. The molecule has 0 fully saturated rings. The number of hydrogen-bond donors (Lipinski definition) is 1. The molecule has 1 aromatic carbocycles. The molecule has 1 aliphatic heterocycles. The van der Waals surface area contributed by atoms with Crippen molar-refractivity contribution in [2.45, 2.75) is 47.5 Å². The van der Waals surface area contributed by atoms with E-state index in [1.165, 1.54) is 12.1 Å². The summed E-state index contributed by atoms with van der Waals surface area (Å²) < 4.78 is 24.3. The zero-order valence-electron chi connectivity index (χ0n) is 18.0. The predicted octanol–water partition coefficient (Wildman–Crippen LogP) is 4.46. The fraction of sp³-hybridized carbons (Fsp3) is 0.478. The lowest BCUT2D eigenvalue weighted by atomic mass is 9.77. The van der Waals surface area contributed by atoms with Gasteiger partial charge in [0.05, 0.1) is 30.3 Å². The highest BCUT2D eigenvalue weighted by Crippen LogP contribution is 2.42. The van der Waals surface area contributed by atoms with E-state index in [0.717, 1.165) is 0 Å². The van der Waals surface area contributed by atoms with Crippen LogP contribution in [-0.4, -0.2) is 25.2 Å². The fourth-order valence-electron chi connectivity index (χ4n) is 3.51. The molecule has 1 N–H and O–H groups in total. The fourth-order valence-corrected chi connectivity index (χ4v) is 3.51. The van der Waals surface area contributed by atoms with Crippen molar-refractivity contribution in [3.63, 3.8) is 0 Å². The number of carbonyl (C=O) groups is 2. The van der Waals surface area contributed by atoms with Crippen LogP contribution in [0.2, 0.25) is 0 Å². The first kappa shape index (κ1) is 22.7. The summed E-state index contributed by atoms with van der Waals surface area (Å²) >= 11 is 0. The Morgan fingerprint density at radius 1 is 0.897 bits per heavy atom. The van der Waals surface area contributed by atoms with Crippen molar-refractivity contribution in [3.05, 3.63) is 58.2 Å². The molecule has 0 aliphatic carbocycles. The van der Waals surface area contributed by atoms with Crippen LogP contribution in [0, 0.1) is 17.7 Å². The van der Waals surface area contributed by atoms with Crippen LogP contribution >= 0.6 is 0 Å². The number of esters is 2. The van der Waals surface area contributed by atoms with Crippen LogP contribution in [0.1, 0.15) is 53.0 Å². The third-order valence-corrected chi connectivity index (χ3v) is 4.78. The molecule has 0 atom stereocenters. The molecule has 1 heterocycles. The number of allylic oxidation sites excluding steroid dienone is 2. The molecule has 1 aliphatic rings. The molecular weight excluding hydrogens is 373 g/mol. The molecule has 0 radical (unpaired) electrons. The minimum absolute atomic E-state index is 0.0187. The largest absolute Gasteiger partial charge is 0.463 e. The molecule has 0 saturated carbocycles. The Labute approximate surface area is 172 Å². The van der Waals surface area contributed by atoms with Gasteiger partial charge in [-0.1, -0.05) is 39.8 Å². The maximum absolute atomic E-state index is 13.6. The van der Waals surface area contributed by atoms with E-state index in [0.29, 0.717) is 28.1 Å². The first-order valence-electron chi connectivity index (χ1n) is 10.1. The van der Waals surface area contributed by atoms with Gasteiger partial charge in [0, 0.05) is 11.4 Å². The van der Waals surface area contributed by atoms with Gasteiger partial charge in [-0.15, -0.1) is 0 Å². The maximum Gasteiger partial charge on any atom is 0.336 e. The van der Waals surface area contributed by atoms with Crippen molar-refractivity contribution in [2.24, 2.45) is 11.8 Å². The third-order valence-electron chi connectivity index (χ3n) is 4.78. The lowest BCUT2D eigenvalue weighted by Crippen LogP contribution is -2.37. The minimum atomic E-state index is -0.704. The van der Waals surface area contributed by atoms with E-state index in [4.69, 9.17) is 9.47 Å². The minimum Gasteiger partial charge on any atom is -0.463 e. The highest BCUT2D eigenvalue weighted by Gasteiger charge is 2.41. The normalized spacial score (nSPS) is 15.1. The Hall–Kier alpha value is -2.63. The lowest BCUT2D eigenvalue weighted by molar-refractivity contribution is -0.139. The Morgan fingerprint density at radius 3 is 1.66 bits per heavy atom. The van der Waals surface area contributed by atoms with Gasteiger partial charge in [0.15, 0.2) is 0 Å². The van der Waals surface area contributed by atoms with Gasteiger partial charge >= 0.3 is 11.9 Å². The van der Waals surface area contributed by atoms with Crippen molar-refractivity contribution in [3.8, 4) is 0 Å². The molecule has 1 aromatic rings. The van der Waals surface area contributed by atoms with Crippen LogP contribution in [0.15, 0.2) is 46.8 Å². The molecule has 2 rings (SSSR count). The molecule has 29 heavy (non-hydrogen) atoms. The van der Waals surface area contributed by atoms with Crippen LogP contribution in [0.4, 0.5) is 4.39 Å². The van der Waals surface area contributed by atoms with Gasteiger partial charge in [-0.25, -0.2) is 14.0 Å². The van der Waals surface area contributed by atoms with E-state index in [2.05, 4.69) is 5.32 Å². The summed E-state index contributed by atoms with van der Waals surface area (Å²) in [7, 11) is 0. The molecule has 0 aromatic heterocycles. The van der Waals surface area contributed by atoms with Crippen molar-refractivity contribution in [2.75, 3.05) is 13.2 Å². The van der Waals surface area contributed by atoms with Gasteiger partial charge in [-0.3, -0.25) is 0 Å². The van der Waals surface area contributed by atoms with Crippen molar-refractivity contribution >= 4 is 11.9 Å². The van der Waals surface area contributed by atoms with Crippen LogP contribution in [0.25, 0.3) is 0 Å². The number of carbonyl (C=O) groups excluding carboxylic acids is 2. The zero-order chi connectivity index (χ0) is 21.7. The summed E-state index contributed by atoms with van der Waals surface area (Å²) in [5.41, 5.74) is 2.76. The average molecular weight is 403 g/mol. The van der Waals surface area contributed by atoms with Crippen molar-refractivity contribution in [1.82, 2.24) is 5.32 Å². The van der Waals surface area contributed by atoms with E-state index in [9.17, 15) is 14.0 Å². The van der Waals surface area contributed by atoms with E-state index in [1.54, 1.807) is 26.0 Å². The second-order valence-corrected chi connectivity index (χ2v) is 7.51. The third kappa shape index (κ3) is 4.86. The summed E-state index contributed by atoms with van der Waals surface area (Å²) in [6.45, 7) is 11.8. The molecule has 0 amide bonds. The number of nitrogens with one attached hydrogen (secondary N) is 1. The number of ether oxygens (including phenoxy) is 2. The summed E-state index contributed by atoms with van der Waals surface area (Å²) in [5, 5.41) is 3.33. The van der Waals surface area contributed by atoms with Crippen LogP contribution in [-0.2, 0) is 19.1 Å². The first-order valence-corrected chi connectivity index (χ1v) is 10.1. The summed E-state index contributed by atoms with van der Waals surface area (Å²) in [6.07, 6.45) is 0. The van der Waals surface area contributed by atoms with Gasteiger partial charge < -0.3 is 14.8 Å². The monoisotopic (exact) mass is 403 g/mol. The van der Waals surface area contributed by atoms with Gasteiger partial charge in [0.25, 0.3) is 0 Å². The van der Waals surface area contributed by atoms with Gasteiger partial charge in [-0.2, -0.15) is 0 Å². The average Bonchev–Trinajstić information content (AvgIpc) is 2.67. The summed E-state index contributed by atoms with van der Waals surface area (Å²) in [5.74, 6) is -2.13. The van der Waals surface area contributed by atoms with Crippen molar-refractivity contribution < 1.29 is 23.5 Å². The molecule has 0 bridgehead atoms. The SMILES string of the molecule is CCOC(=O)C1=C(C(C)C)NC(C(C)C)=C(C(=O)OCC)C1c1ccc(F)cc1. The second-order valence-electron chi connectivity index (χ2n) is 7.51. The van der Waals surface area contributed by atoms with E-state index in [-0.39, 0.29) is 30.9 Å². The Bertz CT molecular complexity index is 776. The molecule has 0 spiro atoms. The number of rotatable bonds is 7. The lowest BCUT2D eigenvalue weighted by Gasteiger charge is -2.35. The number of halogens is 1. The van der Waals surface area contributed by atoms with Crippen LogP contribution in [0.3, 0.4) is 0 Å². The highest BCUT2D eigenvalue weighted by atomic mass is 19.1. The quantitative estimate of drug-likeness (QED) is 0.681. The molecule has 5 nitrogen and oxygen atoms in total. The molecule has 0 saturated heterocycles. The Kier molecular flexibility index (Phi) is 7.59. The first-order chi connectivity index (χ1) is 13.7. The van der Waals surface area contributed by atoms with E-state index in [1.807, 2.05) is 27.7 Å². The Morgan fingerprint density at radius 2 is 1.31 bits per heavy atom. The maximum atomic E-state index is 13.6. The Balaban J connectivity index is 2.82. The smallest absolute Gasteiger partial charge is 0.336 e. The number of dihydropyridines is 1. The summed E-state index contributed by atoms with van der Waals surface area (Å²) in [6, 6.07) is 5.85.